The molecule has 0 aromatic rings. The molecule has 2 unspecified atom stereocenters. The molecule has 0 radical (unpaired) electrons. The molecule has 1 aliphatic heterocycles. The van der Waals surface area contributed by atoms with Crippen molar-refractivity contribution in [2.75, 3.05) is 11.5 Å². The highest BCUT2D eigenvalue weighted by Crippen LogP contribution is 2.33. The van der Waals surface area contributed by atoms with Gasteiger partial charge in [-0.25, -0.2) is 8.42 Å². The fourth-order valence-corrected chi connectivity index (χ4v) is 5.50. The maximum absolute atomic E-state index is 11.3. The molecule has 1 saturated heterocycles. The second-order valence-corrected chi connectivity index (χ2v) is 7.47. The van der Waals surface area contributed by atoms with Crippen molar-refractivity contribution in [3.05, 3.63) is 0 Å². The Morgan fingerprint density at radius 3 is 2.29 bits per heavy atom. The van der Waals surface area contributed by atoms with E-state index in [1.54, 1.807) is 0 Å². The number of sulfone groups is 1. The van der Waals surface area contributed by atoms with E-state index < -0.39 is 9.84 Å². The molecule has 0 N–H and O–H groups in total. The van der Waals surface area contributed by atoms with Crippen LogP contribution in [0, 0.1) is 11.8 Å². The van der Waals surface area contributed by atoms with Crippen LogP contribution < -0.4 is 0 Å². The normalized spacial score (nSPS) is 28.1. The third kappa shape index (κ3) is 2.96. The average Bonchev–Trinajstić information content (AvgIpc) is 2.48. The number of halogens is 1. The maximum Gasteiger partial charge on any atom is 0.150 e. The van der Waals surface area contributed by atoms with Crippen LogP contribution in [0.4, 0.5) is 0 Å². The summed E-state index contributed by atoms with van der Waals surface area (Å²) < 4.78 is 22.6. The largest absolute Gasteiger partial charge is 0.229 e. The predicted molar refractivity (Wildman–Crippen MR) is 63.5 cm³/mol. The van der Waals surface area contributed by atoms with E-state index >= 15 is 0 Å². The Bertz CT molecular complexity index is 270. The summed E-state index contributed by atoms with van der Waals surface area (Å²) in [6, 6.07) is 0. The van der Waals surface area contributed by atoms with Gasteiger partial charge in [0.2, 0.25) is 0 Å². The summed E-state index contributed by atoms with van der Waals surface area (Å²) in [6.45, 7) is 4.34. The van der Waals surface area contributed by atoms with E-state index in [0.717, 1.165) is 19.3 Å². The summed E-state index contributed by atoms with van der Waals surface area (Å²) in [5.41, 5.74) is 0. The first-order chi connectivity index (χ1) is 6.50. The summed E-state index contributed by atoms with van der Waals surface area (Å²) in [6.07, 6.45) is 3.10. The highest BCUT2D eigenvalue weighted by Gasteiger charge is 2.34. The summed E-state index contributed by atoms with van der Waals surface area (Å²) >= 11 is 3.68. The van der Waals surface area contributed by atoms with E-state index in [1.807, 2.05) is 0 Å². The zero-order valence-electron chi connectivity index (χ0n) is 8.87. The predicted octanol–water partition coefficient (Wildman–Crippen LogP) is 2.62. The lowest BCUT2D eigenvalue weighted by Crippen LogP contribution is -2.24. The van der Waals surface area contributed by atoms with Crippen LogP contribution >= 0.6 is 15.9 Å². The van der Waals surface area contributed by atoms with Crippen molar-refractivity contribution in [1.29, 1.82) is 0 Å². The first kappa shape index (κ1) is 12.5. The zero-order valence-corrected chi connectivity index (χ0v) is 11.3. The van der Waals surface area contributed by atoms with Gasteiger partial charge in [-0.2, -0.15) is 0 Å². The summed E-state index contributed by atoms with van der Waals surface area (Å²) in [5, 5.41) is 0. The molecule has 2 atom stereocenters. The Morgan fingerprint density at radius 2 is 1.93 bits per heavy atom. The Labute approximate surface area is 95.5 Å². The van der Waals surface area contributed by atoms with E-state index in [0.29, 0.717) is 28.2 Å². The molecule has 0 aromatic carbocycles. The first-order valence-electron chi connectivity index (χ1n) is 5.34. The quantitative estimate of drug-likeness (QED) is 0.743. The second kappa shape index (κ2) is 4.97. The minimum absolute atomic E-state index is 0.338. The molecule has 1 aliphatic rings. The van der Waals surface area contributed by atoms with Crippen LogP contribution in [0.15, 0.2) is 0 Å². The molecule has 84 valence electrons. The first-order valence-corrected chi connectivity index (χ1v) is 8.08. The van der Waals surface area contributed by atoms with Crippen molar-refractivity contribution in [3.8, 4) is 0 Å². The van der Waals surface area contributed by atoms with E-state index in [-0.39, 0.29) is 0 Å². The summed E-state index contributed by atoms with van der Waals surface area (Å²) in [7, 11) is -2.72. The zero-order chi connectivity index (χ0) is 10.8. The average molecular weight is 283 g/mol. The fourth-order valence-electron chi connectivity index (χ4n) is 2.20. The lowest BCUT2D eigenvalue weighted by atomic mass is 9.90. The molecule has 0 aromatic heterocycles. The van der Waals surface area contributed by atoms with Gasteiger partial charge in [-0.15, -0.1) is 0 Å². The molecule has 2 nitrogen and oxygen atoms in total. The Balaban J connectivity index is 2.58. The summed E-state index contributed by atoms with van der Waals surface area (Å²) in [5.74, 6) is 1.73. The van der Waals surface area contributed by atoms with Crippen LogP contribution in [0.25, 0.3) is 0 Å². The van der Waals surface area contributed by atoms with Crippen molar-refractivity contribution >= 4 is 25.8 Å². The van der Waals surface area contributed by atoms with Gasteiger partial charge in [-0.1, -0.05) is 42.6 Å². The van der Waals surface area contributed by atoms with Gasteiger partial charge in [-0.05, 0) is 18.3 Å². The van der Waals surface area contributed by atoms with Crippen molar-refractivity contribution in [1.82, 2.24) is 0 Å². The molecular weight excluding hydrogens is 264 g/mol. The van der Waals surface area contributed by atoms with Gasteiger partial charge in [0.15, 0.2) is 9.84 Å². The van der Waals surface area contributed by atoms with Crippen LogP contribution in [-0.2, 0) is 9.84 Å². The van der Waals surface area contributed by atoms with Gasteiger partial charge in [0.1, 0.15) is 0 Å². The van der Waals surface area contributed by atoms with Crippen LogP contribution in [0.3, 0.4) is 0 Å². The number of rotatable bonds is 4. The molecular formula is C10H19BrO2S. The van der Waals surface area contributed by atoms with Crippen LogP contribution in [0.2, 0.25) is 0 Å². The van der Waals surface area contributed by atoms with Gasteiger partial charge in [0, 0.05) is 4.83 Å². The number of alkyl halides is 1. The molecule has 1 rings (SSSR count). The Kier molecular flexibility index (Phi) is 4.44. The van der Waals surface area contributed by atoms with Crippen molar-refractivity contribution < 1.29 is 8.42 Å². The SMILES string of the molecule is CCC(CC)C(Br)C1CCS(=O)(=O)C1. The maximum atomic E-state index is 11.3. The molecule has 0 bridgehead atoms. The van der Waals surface area contributed by atoms with E-state index in [2.05, 4.69) is 29.8 Å². The topological polar surface area (TPSA) is 34.1 Å². The number of hydrogen-bond donors (Lipinski definition) is 0. The molecule has 0 amide bonds. The third-order valence-corrected chi connectivity index (χ3v) is 6.51. The fraction of sp³-hybridized carbons (Fsp3) is 1.00. The Hall–Kier alpha value is 0.430. The van der Waals surface area contributed by atoms with Crippen molar-refractivity contribution in [3.63, 3.8) is 0 Å². The summed E-state index contributed by atoms with van der Waals surface area (Å²) in [4.78, 5) is 0.384. The molecule has 0 spiro atoms. The molecule has 0 saturated carbocycles. The molecule has 14 heavy (non-hydrogen) atoms. The van der Waals surface area contributed by atoms with Crippen molar-refractivity contribution in [2.24, 2.45) is 11.8 Å². The van der Waals surface area contributed by atoms with Crippen LogP contribution in [0.5, 0.6) is 0 Å². The van der Waals surface area contributed by atoms with E-state index in [4.69, 9.17) is 0 Å². The minimum Gasteiger partial charge on any atom is -0.229 e. The highest BCUT2D eigenvalue weighted by atomic mass is 79.9. The number of hydrogen-bond acceptors (Lipinski definition) is 2. The Morgan fingerprint density at radius 1 is 1.36 bits per heavy atom. The molecule has 0 aliphatic carbocycles. The van der Waals surface area contributed by atoms with Gasteiger partial charge in [0.05, 0.1) is 11.5 Å². The molecule has 4 heteroatoms. The van der Waals surface area contributed by atoms with Gasteiger partial charge >= 0.3 is 0 Å². The van der Waals surface area contributed by atoms with Gasteiger partial charge in [0.25, 0.3) is 0 Å². The highest BCUT2D eigenvalue weighted by molar-refractivity contribution is 9.09. The van der Waals surface area contributed by atoms with E-state index in [9.17, 15) is 8.42 Å². The second-order valence-electron chi connectivity index (χ2n) is 4.18. The monoisotopic (exact) mass is 282 g/mol. The lowest BCUT2D eigenvalue weighted by molar-refractivity contribution is 0.396. The van der Waals surface area contributed by atoms with Crippen molar-refractivity contribution in [2.45, 2.75) is 37.9 Å². The lowest BCUT2D eigenvalue weighted by Gasteiger charge is -2.24. The smallest absolute Gasteiger partial charge is 0.150 e. The van der Waals surface area contributed by atoms with E-state index in [1.165, 1.54) is 0 Å². The molecule has 1 heterocycles. The third-order valence-electron chi connectivity index (χ3n) is 3.22. The van der Waals surface area contributed by atoms with Gasteiger partial charge in [-0.3, -0.25) is 0 Å². The standard InChI is InChI=1S/C10H19BrO2S/c1-3-8(4-2)10(11)9-5-6-14(12,13)7-9/h8-10H,3-7H2,1-2H3. The minimum atomic E-state index is -2.72. The van der Waals surface area contributed by atoms with Crippen LogP contribution in [-0.4, -0.2) is 24.8 Å². The van der Waals surface area contributed by atoms with Gasteiger partial charge < -0.3 is 0 Å². The van der Waals surface area contributed by atoms with Crippen LogP contribution in [0.1, 0.15) is 33.1 Å². The molecule has 1 fully saturated rings.